The van der Waals surface area contributed by atoms with E-state index in [0.717, 1.165) is 40.3 Å². The van der Waals surface area contributed by atoms with E-state index in [4.69, 9.17) is 0 Å². The molecule has 1 N–H and O–H groups in total. The third-order valence-corrected chi connectivity index (χ3v) is 4.05. The summed E-state index contributed by atoms with van der Waals surface area (Å²) >= 11 is 0. The van der Waals surface area contributed by atoms with Crippen molar-refractivity contribution in [2.45, 2.75) is 6.18 Å². The van der Waals surface area contributed by atoms with Crippen molar-refractivity contribution in [2.75, 3.05) is 29.9 Å². The second-order valence-corrected chi connectivity index (χ2v) is 5.89. The third-order valence-electron chi connectivity index (χ3n) is 4.05. The summed E-state index contributed by atoms with van der Waals surface area (Å²) in [6, 6.07) is 4.14. The lowest BCUT2D eigenvalue weighted by atomic mass is 10.2. The average Bonchev–Trinajstić information content (AvgIpc) is 2.64. The second-order valence-electron chi connectivity index (χ2n) is 5.89. The number of para-hydroxylation sites is 1. The fourth-order valence-electron chi connectivity index (χ4n) is 2.67. The largest absolute Gasteiger partial charge is 0.433 e. The number of hydrogen-bond acceptors (Lipinski definition) is 3. The molecule has 0 unspecified atom stereocenters. The van der Waals surface area contributed by atoms with E-state index in [1.54, 1.807) is 0 Å². The molecule has 1 aliphatic rings. The molecule has 3 amide bonds. The molecule has 148 valence electrons. The minimum Gasteiger partial charge on any atom is -0.313 e. The van der Waals surface area contributed by atoms with Gasteiger partial charge in [-0.25, -0.2) is 13.6 Å². The zero-order valence-electron chi connectivity index (χ0n) is 14.1. The molecule has 0 bridgehead atoms. The van der Waals surface area contributed by atoms with Crippen LogP contribution in [0.25, 0.3) is 0 Å². The van der Waals surface area contributed by atoms with Crippen LogP contribution in [0.5, 0.6) is 0 Å². The molecule has 1 fully saturated rings. The van der Waals surface area contributed by atoms with E-state index in [1.807, 2.05) is 0 Å². The second kappa shape index (κ2) is 7.41. The number of piperazine rings is 1. The van der Waals surface area contributed by atoms with Crippen LogP contribution in [0.2, 0.25) is 0 Å². The molecule has 0 spiro atoms. The number of hydrogen-bond donors (Lipinski definition) is 1. The number of amides is 3. The lowest BCUT2D eigenvalue weighted by molar-refractivity contribution is -0.141. The van der Waals surface area contributed by atoms with Gasteiger partial charge in [0.2, 0.25) is 5.91 Å². The van der Waals surface area contributed by atoms with E-state index < -0.39 is 47.7 Å². The molecule has 1 aliphatic heterocycles. The molecule has 1 saturated heterocycles. The summed E-state index contributed by atoms with van der Waals surface area (Å²) in [6.45, 7) is -0.601. The van der Waals surface area contributed by atoms with Gasteiger partial charge in [0.25, 0.3) is 0 Å². The van der Waals surface area contributed by atoms with E-state index >= 15 is 0 Å². The molecule has 2 aromatic rings. The van der Waals surface area contributed by atoms with Gasteiger partial charge in [0.05, 0.1) is 0 Å². The van der Waals surface area contributed by atoms with E-state index in [-0.39, 0.29) is 18.8 Å². The van der Waals surface area contributed by atoms with Crippen LogP contribution >= 0.6 is 0 Å². The number of urea groups is 1. The maximum Gasteiger partial charge on any atom is 0.433 e. The normalized spacial score (nSPS) is 15.0. The number of carbonyl (C=O) groups is 2. The minimum atomic E-state index is -4.66. The summed E-state index contributed by atoms with van der Waals surface area (Å²) in [7, 11) is 0. The summed E-state index contributed by atoms with van der Waals surface area (Å²) in [5, 5.41) is 2.06. The Balaban J connectivity index is 1.70. The Morgan fingerprint density at radius 2 is 1.79 bits per heavy atom. The molecule has 2 heterocycles. The van der Waals surface area contributed by atoms with Crippen molar-refractivity contribution in [1.82, 2.24) is 9.88 Å². The summed E-state index contributed by atoms with van der Waals surface area (Å²) in [5.74, 6) is -2.60. The van der Waals surface area contributed by atoms with E-state index in [2.05, 4.69) is 10.3 Å². The Kier molecular flexibility index (Phi) is 5.16. The van der Waals surface area contributed by atoms with Gasteiger partial charge in [-0.3, -0.25) is 9.78 Å². The summed E-state index contributed by atoms with van der Waals surface area (Å²) in [5.41, 5.74) is -1.80. The monoisotopic (exact) mass is 400 g/mol. The quantitative estimate of drug-likeness (QED) is 0.788. The molecule has 28 heavy (non-hydrogen) atoms. The third kappa shape index (κ3) is 4.02. The summed E-state index contributed by atoms with van der Waals surface area (Å²) in [6.07, 6.45) is -3.73. The minimum absolute atomic E-state index is 0.00692. The van der Waals surface area contributed by atoms with Gasteiger partial charge in [0.15, 0.2) is 0 Å². The van der Waals surface area contributed by atoms with E-state index in [0.29, 0.717) is 0 Å². The van der Waals surface area contributed by atoms with Crippen LogP contribution in [0.1, 0.15) is 5.69 Å². The first kappa shape index (κ1) is 19.5. The molecule has 0 atom stereocenters. The smallest absolute Gasteiger partial charge is 0.313 e. The van der Waals surface area contributed by atoms with Gasteiger partial charge in [-0.15, -0.1) is 0 Å². The van der Waals surface area contributed by atoms with Gasteiger partial charge >= 0.3 is 12.2 Å². The van der Waals surface area contributed by atoms with Crippen LogP contribution in [0.4, 0.5) is 38.1 Å². The van der Waals surface area contributed by atoms with Gasteiger partial charge in [0, 0.05) is 25.0 Å². The van der Waals surface area contributed by atoms with Crippen LogP contribution in [0.3, 0.4) is 0 Å². The number of pyridine rings is 1. The van der Waals surface area contributed by atoms with Crippen molar-refractivity contribution in [3.63, 3.8) is 0 Å². The van der Waals surface area contributed by atoms with E-state index in [9.17, 15) is 31.5 Å². The molecule has 3 rings (SSSR count). The number of carbonyl (C=O) groups excluding carboxylic acids is 2. The van der Waals surface area contributed by atoms with Crippen molar-refractivity contribution in [2.24, 2.45) is 0 Å². The summed E-state index contributed by atoms with van der Waals surface area (Å²) < 4.78 is 65.6. The highest BCUT2D eigenvalue weighted by atomic mass is 19.4. The molecule has 0 aliphatic carbocycles. The summed E-state index contributed by atoms with van der Waals surface area (Å²) in [4.78, 5) is 29.8. The standard InChI is InChI=1S/C17H13F5N4O2/c18-11-2-1-3-12(19)15(11)24-16(28)25-6-7-26(14(27)9-25)10-4-5-23-13(8-10)17(20,21)22/h1-5,8H,6-7,9H2,(H,24,28). The van der Waals surface area contributed by atoms with Crippen LogP contribution in [0.15, 0.2) is 36.5 Å². The topological polar surface area (TPSA) is 65.5 Å². The number of nitrogens with zero attached hydrogens (tertiary/aromatic N) is 3. The Morgan fingerprint density at radius 1 is 1.11 bits per heavy atom. The number of alkyl halides is 3. The van der Waals surface area contributed by atoms with Crippen LogP contribution in [0, 0.1) is 11.6 Å². The molecule has 1 aromatic heterocycles. The van der Waals surface area contributed by atoms with Gasteiger partial charge in [0.1, 0.15) is 29.6 Å². The number of anilines is 2. The van der Waals surface area contributed by atoms with Gasteiger partial charge in [-0.05, 0) is 24.3 Å². The Morgan fingerprint density at radius 3 is 2.39 bits per heavy atom. The lowest BCUT2D eigenvalue weighted by Gasteiger charge is -2.34. The number of benzene rings is 1. The Bertz CT molecular complexity index is 898. The molecular weight excluding hydrogens is 387 g/mol. The molecule has 0 radical (unpaired) electrons. The Hall–Kier alpha value is -3.24. The van der Waals surface area contributed by atoms with Crippen LogP contribution < -0.4 is 10.2 Å². The molecule has 1 aromatic carbocycles. The fourth-order valence-corrected chi connectivity index (χ4v) is 2.67. The van der Waals surface area contributed by atoms with E-state index in [1.165, 1.54) is 6.07 Å². The maximum absolute atomic E-state index is 13.6. The Labute approximate surface area is 155 Å². The first-order valence-corrected chi connectivity index (χ1v) is 8.00. The molecular formula is C17H13F5N4O2. The first-order valence-electron chi connectivity index (χ1n) is 8.00. The molecule has 6 nitrogen and oxygen atoms in total. The van der Waals surface area contributed by atoms with Gasteiger partial charge < -0.3 is 15.1 Å². The van der Waals surface area contributed by atoms with Crippen molar-refractivity contribution < 1.29 is 31.5 Å². The zero-order chi connectivity index (χ0) is 20.5. The van der Waals surface area contributed by atoms with Gasteiger partial charge in [-0.1, -0.05) is 6.07 Å². The van der Waals surface area contributed by atoms with Crippen LogP contribution in [-0.2, 0) is 11.0 Å². The molecule has 11 heteroatoms. The first-order chi connectivity index (χ1) is 13.2. The SMILES string of the molecule is O=C(Nc1c(F)cccc1F)N1CCN(c2ccnc(C(F)(F)F)c2)C(=O)C1. The maximum atomic E-state index is 13.6. The predicted octanol–water partition coefficient (Wildman–Crippen LogP) is 3.26. The number of aromatic nitrogens is 1. The van der Waals surface area contributed by atoms with Crippen molar-refractivity contribution in [3.8, 4) is 0 Å². The number of halogens is 5. The highest BCUT2D eigenvalue weighted by molar-refractivity contribution is 5.99. The average molecular weight is 400 g/mol. The molecule has 0 saturated carbocycles. The number of rotatable bonds is 2. The fraction of sp³-hybridized carbons (Fsp3) is 0.235. The highest BCUT2D eigenvalue weighted by Crippen LogP contribution is 2.30. The highest BCUT2D eigenvalue weighted by Gasteiger charge is 2.34. The van der Waals surface area contributed by atoms with Crippen LogP contribution in [-0.4, -0.2) is 41.5 Å². The van der Waals surface area contributed by atoms with Crippen molar-refractivity contribution in [3.05, 3.63) is 53.9 Å². The van der Waals surface area contributed by atoms with Crippen molar-refractivity contribution >= 4 is 23.3 Å². The van der Waals surface area contributed by atoms with Crippen molar-refractivity contribution in [1.29, 1.82) is 0 Å². The van der Waals surface area contributed by atoms with Gasteiger partial charge in [-0.2, -0.15) is 13.2 Å². The number of nitrogens with one attached hydrogen (secondary N) is 1. The lowest BCUT2D eigenvalue weighted by Crippen LogP contribution is -2.53. The zero-order valence-corrected chi connectivity index (χ0v) is 14.1. The predicted molar refractivity (Wildman–Crippen MR) is 88.5 cm³/mol.